The molecule has 2 rings (SSSR count). The molecule has 1 aliphatic heterocycles. The molecule has 1 saturated heterocycles. The molecule has 0 saturated carbocycles. The van der Waals surface area contributed by atoms with E-state index in [2.05, 4.69) is 18.7 Å². The SMILES string of the molecule is CC1(C)CCN(c2ccc(CCN)cc2F)C1. The zero-order chi connectivity index (χ0) is 12.5. The number of anilines is 1. The molecule has 2 nitrogen and oxygen atoms in total. The third kappa shape index (κ3) is 2.78. The molecule has 0 spiro atoms. The van der Waals surface area contributed by atoms with Gasteiger partial charge in [0.2, 0.25) is 0 Å². The van der Waals surface area contributed by atoms with E-state index in [1.165, 1.54) is 0 Å². The van der Waals surface area contributed by atoms with Crippen LogP contribution in [0.15, 0.2) is 18.2 Å². The second-order valence-corrected chi connectivity index (χ2v) is 5.66. The molecule has 0 radical (unpaired) electrons. The predicted octanol–water partition coefficient (Wildman–Crippen LogP) is 2.56. The Morgan fingerprint density at radius 3 is 2.71 bits per heavy atom. The summed E-state index contributed by atoms with van der Waals surface area (Å²) in [5, 5.41) is 0. The lowest BCUT2D eigenvalue weighted by Gasteiger charge is -2.22. The van der Waals surface area contributed by atoms with Gasteiger partial charge in [-0.25, -0.2) is 4.39 Å². The van der Waals surface area contributed by atoms with Crippen molar-refractivity contribution in [1.29, 1.82) is 0 Å². The first-order valence-corrected chi connectivity index (χ1v) is 6.25. The minimum atomic E-state index is -0.117. The lowest BCUT2D eigenvalue weighted by molar-refractivity contribution is 0.418. The average Bonchev–Trinajstić information content (AvgIpc) is 2.59. The first-order chi connectivity index (χ1) is 8.02. The zero-order valence-corrected chi connectivity index (χ0v) is 10.7. The Morgan fingerprint density at radius 1 is 1.41 bits per heavy atom. The van der Waals surface area contributed by atoms with Crippen molar-refractivity contribution >= 4 is 5.69 Å². The van der Waals surface area contributed by atoms with Gasteiger partial charge in [-0.1, -0.05) is 19.9 Å². The topological polar surface area (TPSA) is 29.3 Å². The van der Waals surface area contributed by atoms with Crippen molar-refractivity contribution in [3.8, 4) is 0 Å². The second-order valence-electron chi connectivity index (χ2n) is 5.66. The van der Waals surface area contributed by atoms with Gasteiger partial charge in [0.05, 0.1) is 5.69 Å². The van der Waals surface area contributed by atoms with Crippen molar-refractivity contribution in [1.82, 2.24) is 0 Å². The number of halogens is 1. The normalized spacial score (nSPS) is 18.7. The monoisotopic (exact) mass is 236 g/mol. The molecule has 1 aromatic carbocycles. The molecule has 0 aliphatic carbocycles. The Hall–Kier alpha value is -1.09. The number of hydrogen-bond donors (Lipinski definition) is 1. The molecule has 0 amide bonds. The van der Waals surface area contributed by atoms with E-state index in [1.807, 2.05) is 12.1 Å². The number of benzene rings is 1. The highest BCUT2D eigenvalue weighted by Gasteiger charge is 2.30. The van der Waals surface area contributed by atoms with E-state index in [4.69, 9.17) is 5.73 Å². The maximum Gasteiger partial charge on any atom is 0.146 e. The van der Waals surface area contributed by atoms with Gasteiger partial charge in [-0.3, -0.25) is 0 Å². The van der Waals surface area contributed by atoms with Gasteiger partial charge >= 0.3 is 0 Å². The summed E-state index contributed by atoms with van der Waals surface area (Å²) in [7, 11) is 0. The molecule has 0 unspecified atom stereocenters. The van der Waals surface area contributed by atoms with Crippen LogP contribution in [0.4, 0.5) is 10.1 Å². The van der Waals surface area contributed by atoms with Crippen molar-refractivity contribution in [2.24, 2.45) is 11.1 Å². The van der Waals surface area contributed by atoms with Crippen molar-refractivity contribution < 1.29 is 4.39 Å². The van der Waals surface area contributed by atoms with Crippen molar-refractivity contribution in [3.63, 3.8) is 0 Å². The standard InChI is InChI=1S/C14H21FN2/c1-14(2)6-8-17(10-14)13-4-3-11(5-7-16)9-12(13)15/h3-4,9H,5-8,10,16H2,1-2H3. The van der Waals surface area contributed by atoms with Gasteiger partial charge in [-0.05, 0) is 42.5 Å². The molecule has 1 aromatic rings. The summed E-state index contributed by atoms with van der Waals surface area (Å²) in [6.45, 7) is 6.90. The van der Waals surface area contributed by atoms with Gasteiger partial charge in [0, 0.05) is 13.1 Å². The fraction of sp³-hybridized carbons (Fsp3) is 0.571. The fourth-order valence-corrected chi connectivity index (χ4v) is 2.45. The minimum absolute atomic E-state index is 0.117. The molecule has 0 atom stereocenters. The Labute approximate surface area is 103 Å². The molecular weight excluding hydrogens is 215 g/mol. The van der Waals surface area contributed by atoms with E-state index in [1.54, 1.807) is 6.07 Å². The number of hydrogen-bond acceptors (Lipinski definition) is 2. The van der Waals surface area contributed by atoms with Gasteiger partial charge in [0.1, 0.15) is 5.82 Å². The van der Waals surface area contributed by atoms with E-state index in [-0.39, 0.29) is 5.82 Å². The summed E-state index contributed by atoms with van der Waals surface area (Å²) < 4.78 is 14.0. The average molecular weight is 236 g/mol. The van der Waals surface area contributed by atoms with Crippen molar-refractivity contribution in [2.75, 3.05) is 24.5 Å². The molecule has 1 heterocycles. The molecular formula is C14H21FN2. The summed E-state index contributed by atoms with van der Waals surface area (Å²) in [5.41, 5.74) is 7.48. The van der Waals surface area contributed by atoms with Crippen LogP contribution in [-0.2, 0) is 6.42 Å². The van der Waals surface area contributed by atoms with E-state index in [0.29, 0.717) is 12.0 Å². The first-order valence-electron chi connectivity index (χ1n) is 6.25. The highest BCUT2D eigenvalue weighted by Crippen LogP contribution is 2.33. The Kier molecular flexibility index (Phi) is 3.38. The van der Waals surface area contributed by atoms with Crippen LogP contribution in [-0.4, -0.2) is 19.6 Å². The van der Waals surface area contributed by atoms with Crippen LogP contribution >= 0.6 is 0 Å². The maximum absolute atomic E-state index is 14.0. The number of nitrogens with two attached hydrogens (primary N) is 1. The van der Waals surface area contributed by atoms with E-state index < -0.39 is 0 Å². The smallest absolute Gasteiger partial charge is 0.146 e. The molecule has 2 N–H and O–H groups in total. The van der Waals surface area contributed by atoms with Gasteiger partial charge in [0.15, 0.2) is 0 Å². The lowest BCUT2D eigenvalue weighted by atomic mass is 9.93. The molecule has 17 heavy (non-hydrogen) atoms. The third-order valence-electron chi connectivity index (χ3n) is 3.46. The van der Waals surface area contributed by atoms with E-state index in [0.717, 1.165) is 37.2 Å². The maximum atomic E-state index is 14.0. The summed E-state index contributed by atoms with van der Waals surface area (Å²) in [6.07, 6.45) is 1.86. The van der Waals surface area contributed by atoms with Crippen LogP contribution in [0.3, 0.4) is 0 Å². The minimum Gasteiger partial charge on any atom is -0.369 e. The summed E-state index contributed by atoms with van der Waals surface area (Å²) >= 11 is 0. The fourth-order valence-electron chi connectivity index (χ4n) is 2.45. The Bertz CT molecular complexity index is 401. The molecule has 1 aliphatic rings. The van der Waals surface area contributed by atoms with E-state index in [9.17, 15) is 4.39 Å². The van der Waals surface area contributed by atoms with Crippen LogP contribution in [0.1, 0.15) is 25.8 Å². The molecule has 3 heteroatoms. The summed E-state index contributed by atoms with van der Waals surface area (Å²) in [5.74, 6) is -0.117. The molecule has 0 aromatic heterocycles. The molecule has 1 fully saturated rings. The number of nitrogens with zero attached hydrogens (tertiary/aromatic N) is 1. The third-order valence-corrected chi connectivity index (χ3v) is 3.46. The largest absolute Gasteiger partial charge is 0.369 e. The summed E-state index contributed by atoms with van der Waals surface area (Å²) in [6, 6.07) is 5.49. The highest BCUT2D eigenvalue weighted by molar-refractivity contribution is 5.50. The van der Waals surface area contributed by atoms with Crippen molar-refractivity contribution in [3.05, 3.63) is 29.6 Å². The van der Waals surface area contributed by atoms with E-state index >= 15 is 0 Å². The van der Waals surface area contributed by atoms with Crippen LogP contribution in [0.2, 0.25) is 0 Å². The van der Waals surface area contributed by atoms with Gasteiger partial charge in [0.25, 0.3) is 0 Å². The van der Waals surface area contributed by atoms with Crippen LogP contribution in [0.25, 0.3) is 0 Å². The Balaban J connectivity index is 2.17. The molecule has 94 valence electrons. The Morgan fingerprint density at radius 2 is 2.18 bits per heavy atom. The first kappa shape index (κ1) is 12.4. The van der Waals surface area contributed by atoms with Gasteiger partial charge in [-0.2, -0.15) is 0 Å². The van der Waals surface area contributed by atoms with Crippen molar-refractivity contribution in [2.45, 2.75) is 26.7 Å². The molecule has 0 bridgehead atoms. The highest BCUT2D eigenvalue weighted by atomic mass is 19.1. The summed E-state index contributed by atoms with van der Waals surface area (Å²) in [4.78, 5) is 2.14. The predicted molar refractivity (Wildman–Crippen MR) is 69.8 cm³/mol. The van der Waals surface area contributed by atoms with Crippen LogP contribution < -0.4 is 10.6 Å². The number of rotatable bonds is 3. The quantitative estimate of drug-likeness (QED) is 0.874. The van der Waals surface area contributed by atoms with Gasteiger partial charge in [-0.15, -0.1) is 0 Å². The van der Waals surface area contributed by atoms with Gasteiger partial charge < -0.3 is 10.6 Å². The zero-order valence-electron chi connectivity index (χ0n) is 10.7. The lowest BCUT2D eigenvalue weighted by Crippen LogP contribution is -2.23. The van der Waals surface area contributed by atoms with Crippen LogP contribution in [0, 0.1) is 11.2 Å². The second kappa shape index (κ2) is 4.65. The van der Waals surface area contributed by atoms with Crippen LogP contribution in [0.5, 0.6) is 0 Å².